The predicted molar refractivity (Wildman–Crippen MR) is 98.3 cm³/mol. The second-order valence-corrected chi connectivity index (χ2v) is 6.10. The molecule has 2 aromatic carbocycles. The Hall–Kier alpha value is -2.29. The van der Waals surface area contributed by atoms with E-state index in [2.05, 4.69) is 37.4 Å². The Bertz CT molecular complexity index is 677. The Balaban J connectivity index is 1.95. The Morgan fingerprint density at radius 2 is 1.75 bits per heavy atom. The smallest absolute Gasteiger partial charge is 0.261 e. The molecule has 0 aliphatic carbocycles. The second kappa shape index (κ2) is 8.53. The van der Waals surface area contributed by atoms with E-state index < -0.39 is 6.10 Å². The molecule has 0 saturated carbocycles. The molecule has 128 valence electrons. The van der Waals surface area contributed by atoms with Crippen molar-refractivity contribution in [1.82, 2.24) is 5.32 Å². The maximum Gasteiger partial charge on any atom is 0.261 e. The fourth-order valence-electron chi connectivity index (χ4n) is 2.61. The highest BCUT2D eigenvalue weighted by molar-refractivity contribution is 5.80. The Kier molecular flexibility index (Phi) is 6.42. The highest BCUT2D eigenvalue weighted by Gasteiger charge is 2.15. The molecule has 1 atom stereocenters. The van der Waals surface area contributed by atoms with Crippen LogP contribution in [0.15, 0.2) is 42.5 Å². The molecule has 0 saturated heterocycles. The first-order chi connectivity index (χ1) is 11.5. The minimum atomic E-state index is -0.521. The molecule has 0 fully saturated rings. The van der Waals surface area contributed by atoms with Gasteiger partial charge >= 0.3 is 0 Å². The van der Waals surface area contributed by atoms with Gasteiger partial charge in [-0.1, -0.05) is 49.7 Å². The summed E-state index contributed by atoms with van der Waals surface area (Å²) in [5.74, 6) is 0.616. The van der Waals surface area contributed by atoms with Gasteiger partial charge in [-0.05, 0) is 55.5 Å². The molecule has 2 aromatic rings. The SMILES string of the molecule is CCc1ccc(CC)c(CNC(=O)C(C)Oc2ccc(C)cc2)c1. The van der Waals surface area contributed by atoms with Gasteiger partial charge < -0.3 is 10.1 Å². The van der Waals surface area contributed by atoms with Crippen molar-refractivity contribution in [3.05, 3.63) is 64.7 Å². The molecular formula is C21H27NO2. The molecule has 0 bridgehead atoms. The average Bonchev–Trinajstić information content (AvgIpc) is 2.61. The monoisotopic (exact) mass is 325 g/mol. The molecule has 0 aliphatic rings. The summed E-state index contributed by atoms with van der Waals surface area (Å²) in [7, 11) is 0. The number of ether oxygens (including phenoxy) is 1. The third-order valence-corrected chi connectivity index (χ3v) is 4.22. The van der Waals surface area contributed by atoms with Gasteiger partial charge in [-0.3, -0.25) is 4.79 Å². The topological polar surface area (TPSA) is 38.3 Å². The molecule has 0 aliphatic heterocycles. The van der Waals surface area contributed by atoms with Crippen molar-refractivity contribution in [3.8, 4) is 5.75 Å². The van der Waals surface area contributed by atoms with E-state index in [1.54, 1.807) is 6.92 Å². The van der Waals surface area contributed by atoms with Gasteiger partial charge in [-0.25, -0.2) is 0 Å². The van der Waals surface area contributed by atoms with Gasteiger partial charge in [0.1, 0.15) is 5.75 Å². The minimum Gasteiger partial charge on any atom is -0.481 e. The fourth-order valence-corrected chi connectivity index (χ4v) is 2.61. The Morgan fingerprint density at radius 3 is 2.38 bits per heavy atom. The van der Waals surface area contributed by atoms with Crippen LogP contribution in [-0.2, 0) is 24.2 Å². The highest BCUT2D eigenvalue weighted by Crippen LogP contribution is 2.15. The molecule has 1 N–H and O–H groups in total. The van der Waals surface area contributed by atoms with Gasteiger partial charge in [0.25, 0.3) is 5.91 Å². The fraction of sp³-hybridized carbons (Fsp3) is 0.381. The molecule has 1 unspecified atom stereocenters. The van der Waals surface area contributed by atoms with Gasteiger partial charge in [0, 0.05) is 6.54 Å². The van der Waals surface area contributed by atoms with Crippen LogP contribution in [0.3, 0.4) is 0 Å². The van der Waals surface area contributed by atoms with Crippen molar-refractivity contribution in [1.29, 1.82) is 0 Å². The summed E-state index contributed by atoms with van der Waals surface area (Å²) in [6, 6.07) is 14.2. The standard InChI is InChI=1S/C21H27NO2/c1-5-17-9-10-18(6-2)19(13-17)14-22-21(23)16(4)24-20-11-7-15(3)8-12-20/h7-13,16H,5-6,14H2,1-4H3,(H,22,23). The summed E-state index contributed by atoms with van der Waals surface area (Å²) in [5, 5.41) is 2.99. The van der Waals surface area contributed by atoms with Crippen molar-refractivity contribution in [2.75, 3.05) is 0 Å². The van der Waals surface area contributed by atoms with Crippen molar-refractivity contribution in [2.45, 2.75) is 53.2 Å². The normalized spacial score (nSPS) is 11.8. The molecule has 3 nitrogen and oxygen atoms in total. The van der Waals surface area contributed by atoms with E-state index in [1.807, 2.05) is 31.2 Å². The van der Waals surface area contributed by atoms with Gasteiger partial charge in [0.05, 0.1) is 0 Å². The van der Waals surface area contributed by atoms with Crippen LogP contribution in [0.5, 0.6) is 5.75 Å². The molecule has 0 radical (unpaired) electrons. The third kappa shape index (κ3) is 4.85. The molecule has 24 heavy (non-hydrogen) atoms. The zero-order valence-corrected chi connectivity index (χ0v) is 15.1. The number of carbonyl (C=O) groups is 1. The van der Waals surface area contributed by atoms with Gasteiger partial charge in [0.15, 0.2) is 6.10 Å². The summed E-state index contributed by atoms with van der Waals surface area (Å²) in [6.45, 7) is 8.61. The molecule has 0 heterocycles. The number of amides is 1. The van der Waals surface area contributed by atoms with Crippen LogP contribution in [0, 0.1) is 6.92 Å². The van der Waals surface area contributed by atoms with E-state index in [0.29, 0.717) is 12.3 Å². The largest absolute Gasteiger partial charge is 0.481 e. The first kappa shape index (κ1) is 18.1. The Labute approximate surface area is 145 Å². The van der Waals surface area contributed by atoms with Crippen LogP contribution >= 0.6 is 0 Å². The first-order valence-corrected chi connectivity index (χ1v) is 8.65. The van der Waals surface area contributed by atoms with E-state index in [4.69, 9.17) is 4.74 Å². The van der Waals surface area contributed by atoms with Crippen molar-refractivity contribution in [3.63, 3.8) is 0 Å². The van der Waals surface area contributed by atoms with Crippen molar-refractivity contribution < 1.29 is 9.53 Å². The predicted octanol–water partition coefficient (Wildman–Crippen LogP) is 4.20. The number of hydrogen-bond donors (Lipinski definition) is 1. The lowest BCUT2D eigenvalue weighted by molar-refractivity contribution is -0.127. The summed E-state index contributed by atoms with van der Waals surface area (Å²) in [6.07, 6.45) is 1.44. The number of carbonyl (C=O) groups excluding carboxylic acids is 1. The van der Waals surface area contributed by atoms with Crippen molar-refractivity contribution >= 4 is 5.91 Å². The summed E-state index contributed by atoms with van der Waals surface area (Å²) in [5.41, 5.74) is 4.93. The van der Waals surface area contributed by atoms with E-state index >= 15 is 0 Å². The first-order valence-electron chi connectivity index (χ1n) is 8.65. The van der Waals surface area contributed by atoms with Crippen LogP contribution < -0.4 is 10.1 Å². The molecule has 0 spiro atoms. The quantitative estimate of drug-likeness (QED) is 0.828. The van der Waals surface area contributed by atoms with E-state index in [1.165, 1.54) is 22.3 Å². The maximum atomic E-state index is 12.3. The molecule has 1 amide bonds. The molecule has 0 aromatic heterocycles. The number of nitrogens with one attached hydrogen (secondary N) is 1. The lowest BCUT2D eigenvalue weighted by Gasteiger charge is -2.16. The minimum absolute atomic E-state index is 0.0977. The van der Waals surface area contributed by atoms with E-state index in [-0.39, 0.29) is 5.91 Å². The lowest BCUT2D eigenvalue weighted by atomic mass is 10.0. The van der Waals surface area contributed by atoms with Crippen LogP contribution in [0.25, 0.3) is 0 Å². The van der Waals surface area contributed by atoms with E-state index in [9.17, 15) is 4.79 Å². The van der Waals surface area contributed by atoms with Crippen LogP contribution in [0.4, 0.5) is 0 Å². The molecule has 3 heteroatoms. The van der Waals surface area contributed by atoms with Gasteiger partial charge in [0.2, 0.25) is 0 Å². The van der Waals surface area contributed by atoms with Gasteiger partial charge in [-0.15, -0.1) is 0 Å². The van der Waals surface area contributed by atoms with E-state index in [0.717, 1.165) is 12.8 Å². The summed E-state index contributed by atoms with van der Waals surface area (Å²) < 4.78 is 5.71. The number of hydrogen-bond acceptors (Lipinski definition) is 2. The summed E-state index contributed by atoms with van der Waals surface area (Å²) >= 11 is 0. The number of benzene rings is 2. The number of aryl methyl sites for hydroxylation is 3. The summed E-state index contributed by atoms with van der Waals surface area (Å²) in [4.78, 5) is 12.3. The second-order valence-electron chi connectivity index (χ2n) is 6.10. The van der Waals surface area contributed by atoms with Crippen LogP contribution in [0.2, 0.25) is 0 Å². The maximum absolute atomic E-state index is 12.3. The van der Waals surface area contributed by atoms with Crippen LogP contribution in [-0.4, -0.2) is 12.0 Å². The molecule has 2 rings (SSSR count). The lowest BCUT2D eigenvalue weighted by Crippen LogP contribution is -2.36. The molecular weight excluding hydrogens is 298 g/mol. The van der Waals surface area contributed by atoms with Crippen LogP contribution in [0.1, 0.15) is 43.0 Å². The third-order valence-electron chi connectivity index (χ3n) is 4.22. The van der Waals surface area contributed by atoms with Crippen molar-refractivity contribution in [2.24, 2.45) is 0 Å². The zero-order chi connectivity index (χ0) is 17.5. The zero-order valence-electron chi connectivity index (χ0n) is 15.1. The Morgan fingerprint density at radius 1 is 1.04 bits per heavy atom. The average molecular weight is 325 g/mol. The van der Waals surface area contributed by atoms with Gasteiger partial charge in [-0.2, -0.15) is 0 Å². The number of rotatable bonds is 7. The highest BCUT2D eigenvalue weighted by atomic mass is 16.5.